The van der Waals surface area contributed by atoms with Crippen molar-refractivity contribution in [2.24, 2.45) is 5.73 Å². The number of nitrogens with two attached hydrogens (primary N) is 1. The first-order valence-corrected chi connectivity index (χ1v) is 7.40. The number of halogens is 6. The number of nitrogens with one attached hydrogen (secondary N) is 1. The van der Waals surface area contributed by atoms with Crippen molar-refractivity contribution in [3.05, 3.63) is 70.5 Å². The minimum atomic E-state index is -4.62. The largest absolute Gasteiger partial charge is 0.416 e. The average Bonchev–Trinajstić information content (AvgIpc) is 2.52. The first-order chi connectivity index (χ1) is 12.5. The van der Waals surface area contributed by atoms with Gasteiger partial charge >= 0.3 is 6.18 Å². The third-order valence-corrected chi connectivity index (χ3v) is 3.58. The van der Waals surface area contributed by atoms with Crippen LogP contribution in [0.4, 0.5) is 26.3 Å². The average molecular weight is 390 g/mol. The highest BCUT2D eigenvalue weighted by molar-refractivity contribution is 5.97. The van der Waals surface area contributed by atoms with Gasteiger partial charge in [0.15, 0.2) is 0 Å². The number of amides is 2. The summed E-state index contributed by atoms with van der Waals surface area (Å²) in [5.41, 5.74) is 2.99. The lowest BCUT2D eigenvalue weighted by molar-refractivity contribution is -0.137. The topological polar surface area (TPSA) is 72.2 Å². The number of benzene rings is 2. The summed E-state index contributed by atoms with van der Waals surface area (Å²) >= 11 is 0. The smallest absolute Gasteiger partial charge is 0.368 e. The molecule has 0 saturated heterocycles. The molecule has 0 heterocycles. The number of primary amides is 1. The zero-order valence-corrected chi connectivity index (χ0v) is 13.4. The molecule has 27 heavy (non-hydrogen) atoms. The van der Waals surface area contributed by atoms with E-state index in [-0.39, 0.29) is 17.7 Å². The Kier molecular flexibility index (Phi) is 5.77. The normalized spacial score (nSPS) is 12.5. The van der Waals surface area contributed by atoms with Gasteiger partial charge in [-0.3, -0.25) is 9.59 Å². The number of carbonyl (C=O) groups excluding carboxylic acids is 2. The summed E-state index contributed by atoms with van der Waals surface area (Å²) in [5.74, 6) is -6.80. The fourth-order valence-corrected chi connectivity index (χ4v) is 2.32. The molecule has 0 saturated carbocycles. The van der Waals surface area contributed by atoms with Crippen LogP contribution in [-0.4, -0.2) is 17.9 Å². The Hall–Kier alpha value is -3.04. The molecule has 144 valence electrons. The zero-order valence-electron chi connectivity index (χ0n) is 13.4. The first kappa shape index (κ1) is 20.3. The van der Waals surface area contributed by atoms with Gasteiger partial charge in [0.2, 0.25) is 5.91 Å². The molecule has 10 heteroatoms. The van der Waals surface area contributed by atoms with E-state index in [1.165, 1.54) is 6.07 Å². The number of hydrogen-bond donors (Lipinski definition) is 2. The molecule has 0 radical (unpaired) electrons. The quantitative estimate of drug-likeness (QED) is 0.771. The summed E-state index contributed by atoms with van der Waals surface area (Å²) in [4.78, 5) is 23.5. The Morgan fingerprint density at radius 1 is 1.04 bits per heavy atom. The highest BCUT2D eigenvalue weighted by Crippen LogP contribution is 2.29. The van der Waals surface area contributed by atoms with E-state index in [9.17, 15) is 35.9 Å². The van der Waals surface area contributed by atoms with Crippen LogP contribution in [0.1, 0.15) is 21.5 Å². The van der Waals surface area contributed by atoms with Crippen molar-refractivity contribution >= 4 is 11.8 Å². The lowest BCUT2D eigenvalue weighted by atomic mass is 10.0. The Morgan fingerprint density at radius 3 is 2.15 bits per heavy atom. The van der Waals surface area contributed by atoms with Gasteiger partial charge in [-0.15, -0.1) is 0 Å². The number of carbonyl (C=O) groups is 2. The van der Waals surface area contributed by atoms with E-state index in [0.717, 1.165) is 18.2 Å². The summed E-state index contributed by atoms with van der Waals surface area (Å²) in [7, 11) is 0. The summed E-state index contributed by atoms with van der Waals surface area (Å²) in [6, 6.07) is 2.90. The number of hydrogen-bond acceptors (Lipinski definition) is 2. The molecular weight excluding hydrogens is 378 g/mol. The van der Waals surface area contributed by atoms with Gasteiger partial charge in [-0.25, -0.2) is 13.2 Å². The minimum Gasteiger partial charge on any atom is -0.368 e. The van der Waals surface area contributed by atoms with Crippen LogP contribution in [0.25, 0.3) is 0 Å². The molecule has 0 unspecified atom stereocenters. The van der Waals surface area contributed by atoms with Crippen molar-refractivity contribution < 1.29 is 35.9 Å². The van der Waals surface area contributed by atoms with Crippen LogP contribution in [0.3, 0.4) is 0 Å². The minimum absolute atomic E-state index is 0.00831. The molecule has 0 fully saturated rings. The van der Waals surface area contributed by atoms with Crippen molar-refractivity contribution in [1.82, 2.24) is 5.32 Å². The Balaban J connectivity index is 2.25. The zero-order chi connectivity index (χ0) is 20.4. The highest BCUT2D eigenvalue weighted by atomic mass is 19.4. The van der Waals surface area contributed by atoms with E-state index in [1.54, 1.807) is 0 Å². The van der Waals surface area contributed by atoms with E-state index < -0.39 is 59.0 Å². The molecule has 4 nitrogen and oxygen atoms in total. The maximum Gasteiger partial charge on any atom is 0.416 e. The van der Waals surface area contributed by atoms with Gasteiger partial charge in [-0.05, 0) is 11.6 Å². The Labute approximate surface area is 149 Å². The maximum atomic E-state index is 13.6. The number of alkyl halides is 3. The van der Waals surface area contributed by atoms with Crippen LogP contribution >= 0.6 is 0 Å². The van der Waals surface area contributed by atoms with Gasteiger partial charge in [-0.2, -0.15) is 13.2 Å². The molecule has 0 aliphatic carbocycles. The van der Waals surface area contributed by atoms with Gasteiger partial charge < -0.3 is 11.1 Å². The predicted octanol–water partition coefficient (Wildman–Crippen LogP) is 2.95. The summed E-state index contributed by atoms with van der Waals surface area (Å²) in [6.07, 6.45) is -5.07. The molecule has 0 aliphatic rings. The van der Waals surface area contributed by atoms with Crippen molar-refractivity contribution in [3.63, 3.8) is 0 Å². The molecule has 2 aromatic rings. The Bertz CT molecular complexity index is 859. The SMILES string of the molecule is NC(=O)[C@@H](Cc1cccc(C(F)(F)F)c1)NC(=O)c1c(F)cc(F)cc1F. The molecule has 3 N–H and O–H groups in total. The molecule has 0 bridgehead atoms. The standard InChI is InChI=1S/C17H12F6N2O2/c18-10-6-11(19)14(12(20)7-10)16(27)25-13(15(24)26)5-8-2-1-3-9(4-8)17(21,22)23/h1-4,6-7,13H,5H2,(H2,24,26)(H,25,27)/t13-/m1/s1. The van der Waals surface area contributed by atoms with E-state index in [1.807, 2.05) is 5.32 Å². The predicted molar refractivity (Wildman–Crippen MR) is 81.9 cm³/mol. The second-order valence-electron chi connectivity index (χ2n) is 5.58. The fourth-order valence-electron chi connectivity index (χ4n) is 2.32. The fraction of sp³-hybridized carbons (Fsp3) is 0.176. The third-order valence-electron chi connectivity index (χ3n) is 3.58. The molecule has 0 aliphatic heterocycles. The highest BCUT2D eigenvalue weighted by Gasteiger charge is 2.31. The summed E-state index contributed by atoms with van der Waals surface area (Å²) < 4.78 is 78.4. The molecular formula is C17H12F6N2O2. The lowest BCUT2D eigenvalue weighted by Crippen LogP contribution is -2.46. The van der Waals surface area contributed by atoms with Crippen LogP contribution < -0.4 is 11.1 Å². The summed E-state index contributed by atoms with van der Waals surface area (Å²) in [6.45, 7) is 0. The van der Waals surface area contributed by atoms with E-state index in [4.69, 9.17) is 5.73 Å². The van der Waals surface area contributed by atoms with E-state index in [0.29, 0.717) is 0 Å². The summed E-state index contributed by atoms with van der Waals surface area (Å²) in [5, 5.41) is 1.94. The monoisotopic (exact) mass is 390 g/mol. The van der Waals surface area contributed by atoms with Gasteiger partial charge in [0.05, 0.1) is 5.56 Å². The van der Waals surface area contributed by atoms with Crippen LogP contribution in [0.15, 0.2) is 36.4 Å². The molecule has 2 amide bonds. The molecule has 0 aromatic heterocycles. The van der Waals surface area contributed by atoms with Gasteiger partial charge in [0.1, 0.15) is 29.1 Å². The van der Waals surface area contributed by atoms with Crippen LogP contribution in [0.5, 0.6) is 0 Å². The van der Waals surface area contributed by atoms with Crippen LogP contribution in [0.2, 0.25) is 0 Å². The van der Waals surface area contributed by atoms with Crippen molar-refractivity contribution in [3.8, 4) is 0 Å². The number of rotatable bonds is 5. The van der Waals surface area contributed by atoms with E-state index in [2.05, 4.69) is 0 Å². The first-order valence-electron chi connectivity index (χ1n) is 7.40. The van der Waals surface area contributed by atoms with Crippen LogP contribution in [0, 0.1) is 17.5 Å². The molecule has 2 aromatic carbocycles. The molecule has 0 spiro atoms. The Morgan fingerprint density at radius 2 is 1.63 bits per heavy atom. The van der Waals surface area contributed by atoms with Crippen molar-refractivity contribution in [2.75, 3.05) is 0 Å². The molecule has 1 atom stereocenters. The van der Waals surface area contributed by atoms with E-state index >= 15 is 0 Å². The second kappa shape index (κ2) is 7.68. The van der Waals surface area contributed by atoms with Crippen molar-refractivity contribution in [2.45, 2.75) is 18.6 Å². The van der Waals surface area contributed by atoms with Gasteiger partial charge in [0.25, 0.3) is 5.91 Å². The van der Waals surface area contributed by atoms with Crippen molar-refractivity contribution in [1.29, 1.82) is 0 Å². The second-order valence-corrected chi connectivity index (χ2v) is 5.58. The lowest BCUT2D eigenvalue weighted by Gasteiger charge is -2.17. The van der Waals surface area contributed by atoms with Crippen LogP contribution in [-0.2, 0) is 17.4 Å². The molecule has 2 rings (SSSR count). The van der Waals surface area contributed by atoms with Gasteiger partial charge in [0, 0.05) is 18.6 Å². The third kappa shape index (κ3) is 4.99. The maximum absolute atomic E-state index is 13.6. The van der Waals surface area contributed by atoms with Gasteiger partial charge in [-0.1, -0.05) is 18.2 Å².